The molecule has 14 heavy (non-hydrogen) atoms. The zero-order valence-electron chi connectivity index (χ0n) is 7.84. The Balaban J connectivity index is 2.43. The van der Waals surface area contributed by atoms with Gasteiger partial charge < -0.3 is 9.88 Å². The summed E-state index contributed by atoms with van der Waals surface area (Å²) in [6.45, 7) is 0.626. The molecule has 0 aliphatic rings. The molecule has 74 valence electrons. The molecule has 1 aromatic rings. The molecule has 0 saturated heterocycles. The van der Waals surface area contributed by atoms with Crippen LogP contribution in [0.5, 0.6) is 0 Å². The summed E-state index contributed by atoms with van der Waals surface area (Å²) < 4.78 is 1.73. The highest BCUT2D eigenvalue weighted by atomic mass is 16.1. The number of nitrogens with zero attached hydrogens (tertiary/aromatic N) is 4. The molecular weight excluding hydrogens is 182 g/mol. The van der Waals surface area contributed by atoms with Gasteiger partial charge in [-0.3, -0.25) is 4.79 Å². The van der Waals surface area contributed by atoms with Crippen LogP contribution in [-0.4, -0.2) is 23.6 Å². The van der Waals surface area contributed by atoms with Gasteiger partial charge in [0.25, 0.3) is 5.91 Å². The monoisotopic (exact) mass is 193 g/mol. The molecule has 0 saturated carbocycles. The number of rotatable bonds is 4. The quantitative estimate of drug-likeness (QED) is 0.330. The third-order valence-electron chi connectivity index (χ3n) is 1.74. The van der Waals surface area contributed by atoms with Crippen LogP contribution in [0.15, 0.2) is 23.4 Å². The van der Waals surface area contributed by atoms with Crippen molar-refractivity contribution in [1.82, 2.24) is 9.88 Å². The highest BCUT2D eigenvalue weighted by Crippen LogP contribution is 1.98. The molecule has 0 aliphatic carbocycles. The molecule has 1 rings (SSSR count). The fourth-order valence-corrected chi connectivity index (χ4v) is 1.05. The molecule has 0 aliphatic heterocycles. The smallest absolute Gasteiger partial charge is 0.267 e. The van der Waals surface area contributed by atoms with E-state index in [9.17, 15) is 4.79 Å². The number of azide groups is 1. The Morgan fingerprint density at radius 2 is 2.57 bits per heavy atom. The molecule has 6 heteroatoms. The summed E-state index contributed by atoms with van der Waals surface area (Å²) in [6, 6.07) is 3.52. The highest BCUT2D eigenvalue weighted by Gasteiger charge is 2.06. The van der Waals surface area contributed by atoms with Crippen molar-refractivity contribution in [3.05, 3.63) is 34.5 Å². The summed E-state index contributed by atoms with van der Waals surface area (Å²) in [6.07, 6.45) is 1.79. The molecule has 6 nitrogen and oxygen atoms in total. The lowest BCUT2D eigenvalue weighted by Crippen LogP contribution is -2.27. The normalized spacial score (nSPS) is 9.21. The van der Waals surface area contributed by atoms with Crippen LogP contribution >= 0.6 is 0 Å². The topological polar surface area (TPSA) is 82.8 Å². The molecule has 0 fully saturated rings. The number of aromatic nitrogens is 1. The van der Waals surface area contributed by atoms with Crippen LogP contribution in [0.4, 0.5) is 0 Å². The van der Waals surface area contributed by atoms with Crippen molar-refractivity contribution in [1.29, 1.82) is 0 Å². The summed E-state index contributed by atoms with van der Waals surface area (Å²) in [5.74, 6) is -0.161. The van der Waals surface area contributed by atoms with Gasteiger partial charge in [-0.25, -0.2) is 0 Å². The Labute approximate surface area is 81.2 Å². The van der Waals surface area contributed by atoms with Gasteiger partial charge in [0.05, 0.1) is 0 Å². The zero-order valence-corrected chi connectivity index (χ0v) is 7.84. The Morgan fingerprint density at radius 1 is 1.79 bits per heavy atom. The van der Waals surface area contributed by atoms with E-state index in [2.05, 4.69) is 15.3 Å². The lowest BCUT2D eigenvalue weighted by molar-refractivity contribution is 0.0946. The van der Waals surface area contributed by atoms with Crippen LogP contribution in [0.2, 0.25) is 0 Å². The Bertz CT molecular complexity index is 364. The predicted octanol–water partition coefficient (Wildman–Crippen LogP) is 1.07. The van der Waals surface area contributed by atoms with Gasteiger partial charge in [0.1, 0.15) is 5.69 Å². The van der Waals surface area contributed by atoms with Crippen LogP contribution < -0.4 is 5.32 Å². The van der Waals surface area contributed by atoms with E-state index in [1.807, 2.05) is 0 Å². The molecule has 0 spiro atoms. The fourth-order valence-electron chi connectivity index (χ4n) is 1.05. The first-order valence-corrected chi connectivity index (χ1v) is 4.16. The van der Waals surface area contributed by atoms with Crippen LogP contribution in [0.25, 0.3) is 10.4 Å². The van der Waals surface area contributed by atoms with Crippen LogP contribution in [0, 0.1) is 0 Å². The minimum atomic E-state index is -0.161. The fraction of sp³-hybridized carbons (Fsp3) is 0.375. The summed E-state index contributed by atoms with van der Waals surface area (Å²) in [7, 11) is 1.79. The van der Waals surface area contributed by atoms with E-state index in [4.69, 9.17) is 5.53 Å². The van der Waals surface area contributed by atoms with Crippen LogP contribution in [-0.2, 0) is 7.05 Å². The zero-order chi connectivity index (χ0) is 10.4. The van der Waals surface area contributed by atoms with Crippen molar-refractivity contribution in [3.8, 4) is 0 Å². The average Bonchev–Trinajstić information content (AvgIpc) is 2.59. The van der Waals surface area contributed by atoms with Gasteiger partial charge in [-0.05, 0) is 17.7 Å². The first-order valence-electron chi connectivity index (χ1n) is 4.16. The molecule has 1 aromatic heterocycles. The molecule has 1 N–H and O–H groups in total. The van der Waals surface area contributed by atoms with E-state index in [-0.39, 0.29) is 12.5 Å². The molecule has 0 atom stereocenters. The van der Waals surface area contributed by atoms with Gasteiger partial charge >= 0.3 is 0 Å². The van der Waals surface area contributed by atoms with E-state index >= 15 is 0 Å². The lowest BCUT2D eigenvalue weighted by Gasteiger charge is -2.03. The largest absolute Gasteiger partial charge is 0.351 e. The molecule has 0 aromatic carbocycles. The summed E-state index contributed by atoms with van der Waals surface area (Å²) in [5, 5.41) is 5.94. The van der Waals surface area contributed by atoms with E-state index in [0.717, 1.165) is 0 Å². The van der Waals surface area contributed by atoms with E-state index in [0.29, 0.717) is 12.2 Å². The van der Waals surface area contributed by atoms with Crippen molar-refractivity contribution < 1.29 is 4.79 Å². The summed E-state index contributed by atoms with van der Waals surface area (Å²) in [5.41, 5.74) is 8.59. The molecule has 0 unspecified atom stereocenters. The van der Waals surface area contributed by atoms with Gasteiger partial charge in [-0.1, -0.05) is 5.11 Å². The van der Waals surface area contributed by atoms with Crippen molar-refractivity contribution in [2.75, 3.05) is 13.1 Å². The minimum absolute atomic E-state index is 0.161. The predicted molar refractivity (Wildman–Crippen MR) is 51.8 cm³/mol. The number of aryl methyl sites for hydroxylation is 1. The first kappa shape index (κ1) is 10.1. The third kappa shape index (κ3) is 2.53. The van der Waals surface area contributed by atoms with E-state index in [1.165, 1.54) is 0 Å². The maximum Gasteiger partial charge on any atom is 0.267 e. The maximum atomic E-state index is 11.4. The molecule has 0 bridgehead atoms. The summed E-state index contributed by atoms with van der Waals surface area (Å²) >= 11 is 0. The lowest BCUT2D eigenvalue weighted by atomic mass is 10.4. The number of nitrogens with one attached hydrogen (secondary N) is 1. The second kappa shape index (κ2) is 4.94. The van der Waals surface area contributed by atoms with E-state index in [1.54, 1.807) is 29.9 Å². The van der Waals surface area contributed by atoms with E-state index < -0.39 is 0 Å². The minimum Gasteiger partial charge on any atom is -0.351 e. The van der Waals surface area contributed by atoms with Crippen molar-refractivity contribution in [2.24, 2.45) is 12.2 Å². The molecule has 1 amide bonds. The Kier molecular flexibility index (Phi) is 3.58. The number of amides is 1. The maximum absolute atomic E-state index is 11.4. The van der Waals surface area contributed by atoms with Gasteiger partial charge in [-0.2, -0.15) is 0 Å². The molecular formula is C8H11N5O. The number of hydrogen-bond donors (Lipinski definition) is 1. The van der Waals surface area contributed by atoms with Gasteiger partial charge in [0, 0.05) is 31.2 Å². The standard InChI is InChI=1S/C8H11N5O/c1-13-6-2-3-7(13)8(14)10-4-5-11-12-9/h2-3,6H,4-5H2,1H3,(H,10,14). The van der Waals surface area contributed by atoms with Crippen molar-refractivity contribution in [3.63, 3.8) is 0 Å². The third-order valence-corrected chi connectivity index (χ3v) is 1.74. The van der Waals surface area contributed by atoms with Gasteiger partial charge in [0.2, 0.25) is 0 Å². The number of hydrogen-bond acceptors (Lipinski definition) is 2. The second-order valence-corrected chi connectivity index (χ2v) is 2.71. The SMILES string of the molecule is Cn1cccc1C(=O)NCCN=[N+]=[N-]. The van der Waals surface area contributed by atoms with Gasteiger partial charge in [0.15, 0.2) is 0 Å². The van der Waals surface area contributed by atoms with Crippen LogP contribution in [0.3, 0.4) is 0 Å². The first-order chi connectivity index (χ1) is 6.75. The number of carbonyl (C=O) groups excluding carboxylic acids is 1. The van der Waals surface area contributed by atoms with Crippen molar-refractivity contribution in [2.45, 2.75) is 0 Å². The average molecular weight is 193 g/mol. The number of carbonyl (C=O) groups is 1. The Morgan fingerprint density at radius 3 is 3.14 bits per heavy atom. The Hall–Kier alpha value is -1.94. The second-order valence-electron chi connectivity index (χ2n) is 2.71. The highest BCUT2D eigenvalue weighted by molar-refractivity contribution is 5.92. The summed E-state index contributed by atoms with van der Waals surface area (Å²) in [4.78, 5) is 14.0. The van der Waals surface area contributed by atoms with Crippen LogP contribution in [0.1, 0.15) is 10.5 Å². The molecule has 1 heterocycles. The van der Waals surface area contributed by atoms with Gasteiger partial charge in [-0.15, -0.1) is 0 Å². The van der Waals surface area contributed by atoms with Crippen molar-refractivity contribution >= 4 is 5.91 Å². The molecule has 0 radical (unpaired) electrons.